The Labute approximate surface area is 114 Å². The molecular formula is C15H16BClO. The van der Waals surface area contributed by atoms with Crippen LogP contribution < -0.4 is 10.9 Å². The molecular weight excluding hydrogens is 242 g/mol. The maximum atomic E-state index is 10.3. The van der Waals surface area contributed by atoms with Crippen LogP contribution in [0.15, 0.2) is 42.5 Å². The van der Waals surface area contributed by atoms with Crippen LogP contribution in [0.3, 0.4) is 0 Å². The van der Waals surface area contributed by atoms with Crippen molar-refractivity contribution in [1.29, 1.82) is 0 Å². The molecule has 3 heteroatoms. The van der Waals surface area contributed by atoms with Crippen molar-refractivity contribution in [3.05, 3.63) is 58.6 Å². The van der Waals surface area contributed by atoms with Crippen LogP contribution in [0.5, 0.6) is 0 Å². The zero-order valence-corrected chi connectivity index (χ0v) is 11.4. The van der Waals surface area contributed by atoms with Crippen molar-refractivity contribution in [2.45, 2.75) is 20.3 Å². The Morgan fingerprint density at radius 1 is 1.06 bits per heavy atom. The van der Waals surface area contributed by atoms with Gasteiger partial charge in [-0.3, -0.25) is 0 Å². The summed E-state index contributed by atoms with van der Waals surface area (Å²) in [5.74, 6) is 0. The van der Waals surface area contributed by atoms with Gasteiger partial charge < -0.3 is 5.02 Å². The summed E-state index contributed by atoms with van der Waals surface area (Å²) in [7, 11) is 0. The second kappa shape index (κ2) is 5.60. The van der Waals surface area contributed by atoms with E-state index in [4.69, 9.17) is 11.6 Å². The quantitative estimate of drug-likeness (QED) is 0.838. The van der Waals surface area contributed by atoms with Crippen LogP contribution in [0, 0.1) is 6.92 Å². The molecule has 0 saturated heterocycles. The normalized spacial score (nSPS) is 10.4. The molecule has 0 aromatic heterocycles. The highest BCUT2D eigenvalue weighted by molar-refractivity contribution is 6.79. The van der Waals surface area contributed by atoms with Gasteiger partial charge in [0.05, 0.1) is 0 Å². The maximum Gasteiger partial charge on any atom is 0.359 e. The van der Waals surface area contributed by atoms with Gasteiger partial charge in [0.15, 0.2) is 0 Å². The number of halogens is 1. The lowest BCUT2D eigenvalue weighted by Crippen LogP contribution is -2.42. The Bertz CT molecular complexity index is 537. The fourth-order valence-corrected chi connectivity index (χ4v) is 2.10. The second-order valence-corrected chi connectivity index (χ2v) is 4.91. The SMILES string of the molecule is CCc1ccc(B(O)c2ccc(C)c(Cl)c2)cc1. The Kier molecular flexibility index (Phi) is 4.10. The molecule has 1 nitrogen and oxygen atoms in total. The minimum absolute atomic E-state index is 0.617. The van der Waals surface area contributed by atoms with E-state index < -0.39 is 6.92 Å². The lowest BCUT2D eigenvalue weighted by atomic mass is 9.56. The van der Waals surface area contributed by atoms with Gasteiger partial charge in [-0.15, -0.1) is 0 Å². The van der Waals surface area contributed by atoms with Crippen molar-refractivity contribution in [3.8, 4) is 0 Å². The zero-order valence-electron chi connectivity index (χ0n) is 10.7. The Hall–Kier alpha value is -1.25. The molecule has 18 heavy (non-hydrogen) atoms. The first kappa shape index (κ1) is 13.2. The molecule has 0 fully saturated rings. The van der Waals surface area contributed by atoms with Crippen molar-refractivity contribution in [2.24, 2.45) is 0 Å². The highest BCUT2D eigenvalue weighted by atomic mass is 35.5. The highest BCUT2D eigenvalue weighted by Crippen LogP contribution is 2.12. The third-order valence-corrected chi connectivity index (χ3v) is 3.62. The van der Waals surface area contributed by atoms with Crippen LogP contribution in [0.2, 0.25) is 5.02 Å². The fourth-order valence-electron chi connectivity index (χ4n) is 1.91. The first-order valence-corrected chi connectivity index (χ1v) is 6.52. The standard InChI is InChI=1S/C15H16BClO/c1-3-12-5-8-13(9-6-12)16(18)14-7-4-11(2)15(17)10-14/h4-10,18H,3H2,1-2H3. The van der Waals surface area contributed by atoms with E-state index >= 15 is 0 Å². The number of hydrogen-bond donors (Lipinski definition) is 1. The van der Waals surface area contributed by atoms with E-state index in [-0.39, 0.29) is 0 Å². The van der Waals surface area contributed by atoms with Crippen molar-refractivity contribution < 1.29 is 5.02 Å². The molecule has 0 aliphatic carbocycles. The van der Waals surface area contributed by atoms with Gasteiger partial charge in [0.25, 0.3) is 0 Å². The average molecular weight is 259 g/mol. The van der Waals surface area contributed by atoms with E-state index in [0.29, 0.717) is 5.02 Å². The van der Waals surface area contributed by atoms with E-state index in [2.05, 4.69) is 6.92 Å². The lowest BCUT2D eigenvalue weighted by Gasteiger charge is -2.09. The van der Waals surface area contributed by atoms with Gasteiger partial charge in [0, 0.05) is 5.02 Å². The molecule has 0 radical (unpaired) electrons. The van der Waals surface area contributed by atoms with Crippen molar-refractivity contribution in [3.63, 3.8) is 0 Å². The molecule has 0 amide bonds. The summed E-state index contributed by atoms with van der Waals surface area (Å²) in [5.41, 5.74) is 4.02. The van der Waals surface area contributed by atoms with E-state index in [1.165, 1.54) is 5.56 Å². The number of hydrogen-bond acceptors (Lipinski definition) is 1. The molecule has 0 atom stereocenters. The summed E-state index contributed by atoms with van der Waals surface area (Å²) in [4.78, 5) is 0. The third kappa shape index (κ3) is 2.77. The molecule has 0 saturated carbocycles. The number of rotatable bonds is 3. The number of aryl methyl sites for hydroxylation is 2. The first-order valence-electron chi connectivity index (χ1n) is 6.14. The molecule has 92 valence electrons. The minimum atomic E-state index is -0.617. The summed E-state index contributed by atoms with van der Waals surface area (Å²) < 4.78 is 0. The molecule has 0 aliphatic rings. The summed E-state index contributed by atoms with van der Waals surface area (Å²) >= 11 is 6.08. The van der Waals surface area contributed by atoms with Gasteiger partial charge >= 0.3 is 6.92 Å². The molecule has 0 spiro atoms. The van der Waals surface area contributed by atoms with Crippen LogP contribution in [-0.2, 0) is 6.42 Å². The molecule has 0 bridgehead atoms. The summed E-state index contributed by atoms with van der Waals surface area (Å²) in [5, 5.41) is 11.0. The monoisotopic (exact) mass is 258 g/mol. The van der Waals surface area contributed by atoms with Gasteiger partial charge in [-0.05, 0) is 41.5 Å². The molecule has 0 unspecified atom stereocenters. The van der Waals surface area contributed by atoms with Crippen LogP contribution in [-0.4, -0.2) is 11.9 Å². The summed E-state index contributed by atoms with van der Waals surface area (Å²) in [6.07, 6.45) is 1.01. The average Bonchev–Trinajstić information content (AvgIpc) is 2.41. The number of benzene rings is 2. The van der Waals surface area contributed by atoms with Gasteiger partial charge in [0.1, 0.15) is 0 Å². The third-order valence-electron chi connectivity index (χ3n) is 3.22. The molecule has 2 aromatic carbocycles. The predicted octanol–water partition coefficient (Wildman–Crippen LogP) is 2.31. The molecule has 1 N–H and O–H groups in total. The second-order valence-electron chi connectivity index (χ2n) is 4.51. The molecule has 0 aliphatic heterocycles. The van der Waals surface area contributed by atoms with Crippen LogP contribution >= 0.6 is 11.6 Å². The van der Waals surface area contributed by atoms with Crippen molar-refractivity contribution in [1.82, 2.24) is 0 Å². The molecule has 2 aromatic rings. The largest absolute Gasteiger partial charge is 0.443 e. The Morgan fingerprint density at radius 3 is 2.22 bits per heavy atom. The molecule has 2 rings (SSSR count). The van der Waals surface area contributed by atoms with Gasteiger partial charge in [0.2, 0.25) is 0 Å². The summed E-state index contributed by atoms with van der Waals surface area (Å²) in [6.45, 7) is 3.45. The maximum absolute atomic E-state index is 10.3. The van der Waals surface area contributed by atoms with Gasteiger partial charge in [-0.25, -0.2) is 0 Å². The fraction of sp³-hybridized carbons (Fsp3) is 0.200. The smallest absolute Gasteiger partial charge is 0.359 e. The van der Waals surface area contributed by atoms with E-state index in [1.807, 2.05) is 49.4 Å². The zero-order chi connectivity index (χ0) is 13.1. The van der Waals surface area contributed by atoms with Gasteiger partial charge in [-0.1, -0.05) is 54.9 Å². The first-order chi connectivity index (χ1) is 8.61. The predicted molar refractivity (Wildman–Crippen MR) is 79.2 cm³/mol. The van der Waals surface area contributed by atoms with E-state index in [1.54, 1.807) is 0 Å². The Balaban J connectivity index is 2.28. The van der Waals surface area contributed by atoms with Crippen molar-refractivity contribution >= 4 is 29.4 Å². The van der Waals surface area contributed by atoms with Crippen LogP contribution in [0.1, 0.15) is 18.1 Å². The minimum Gasteiger partial charge on any atom is -0.443 e. The van der Waals surface area contributed by atoms with Crippen molar-refractivity contribution in [2.75, 3.05) is 0 Å². The van der Waals surface area contributed by atoms with E-state index in [0.717, 1.165) is 22.9 Å². The molecule has 0 heterocycles. The lowest BCUT2D eigenvalue weighted by molar-refractivity contribution is 0.600. The Morgan fingerprint density at radius 2 is 1.67 bits per heavy atom. The van der Waals surface area contributed by atoms with Crippen LogP contribution in [0.4, 0.5) is 0 Å². The van der Waals surface area contributed by atoms with E-state index in [9.17, 15) is 5.02 Å². The van der Waals surface area contributed by atoms with Gasteiger partial charge in [-0.2, -0.15) is 0 Å². The highest BCUT2D eigenvalue weighted by Gasteiger charge is 2.17. The topological polar surface area (TPSA) is 20.2 Å². The van der Waals surface area contributed by atoms with Crippen LogP contribution in [0.25, 0.3) is 0 Å². The summed E-state index contributed by atoms with van der Waals surface area (Å²) in [6, 6.07) is 13.7.